The van der Waals surface area contributed by atoms with Gasteiger partial charge in [0.2, 0.25) is 0 Å². The average molecular weight is 348 g/mol. The molecule has 0 radical (unpaired) electrons. The maximum atomic E-state index is 12.6. The van der Waals surface area contributed by atoms with Gasteiger partial charge in [0, 0.05) is 29.8 Å². The maximum absolute atomic E-state index is 12.6. The van der Waals surface area contributed by atoms with Gasteiger partial charge in [0.25, 0.3) is 0 Å². The molecule has 6 heteroatoms. The van der Waals surface area contributed by atoms with E-state index in [1.54, 1.807) is 31.8 Å². The number of aromatic nitrogens is 2. The molecule has 0 aliphatic carbocycles. The van der Waals surface area contributed by atoms with Crippen molar-refractivity contribution >= 4 is 11.7 Å². The Morgan fingerprint density at radius 1 is 1.08 bits per heavy atom. The van der Waals surface area contributed by atoms with Gasteiger partial charge in [0.1, 0.15) is 11.8 Å². The Morgan fingerprint density at radius 3 is 2.62 bits per heavy atom. The number of ether oxygens (including phenoxy) is 1. The number of amides is 2. The second-order valence-corrected chi connectivity index (χ2v) is 5.72. The third kappa shape index (κ3) is 3.97. The summed E-state index contributed by atoms with van der Waals surface area (Å²) in [5, 5.41) is 5.85. The summed E-state index contributed by atoms with van der Waals surface area (Å²) in [5.74, 6) is 0.684. The maximum Gasteiger partial charge on any atom is 0.320 e. The van der Waals surface area contributed by atoms with E-state index in [2.05, 4.69) is 20.6 Å². The van der Waals surface area contributed by atoms with E-state index < -0.39 is 6.04 Å². The van der Waals surface area contributed by atoms with Gasteiger partial charge in [-0.1, -0.05) is 24.3 Å². The fraction of sp³-hybridized carbons (Fsp3) is 0.150. The molecule has 0 aliphatic rings. The molecule has 132 valence electrons. The van der Waals surface area contributed by atoms with Crippen molar-refractivity contribution in [3.05, 3.63) is 83.9 Å². The smallest absolute Gasteiger partial charge is 0.320 e. The molecule has 2 aromatic heterocycles. The van der Waals surface area contributed by atoms with E-state index in [1.807, 2.05) is 49.4 Å². The number of carbonyl (C=O) groups excluding carboxylic acids is 1. The number of nitrogens with zero attached hydrogens (tertiary/aromatic N) is 2. The van der Waals surface area contributed by atoms with Crippen LogP contribution in [-0.4, -0.2) is 23.1 Å². The number of anilines is 1. The third-order valence-corrected chi connectivity index (χ3v) is 3.98. The van der Waals surface area contributed by atoms with Gasteiger partial charge in [0.15, 0.2) is 0 Å². The number of benzene rings is 1. The summed E-state index contributed by atoms with van der Waals surface area (Å²) in [6.07, 6.45) is 5.04. The van der Waals surface area contributed by atoms with E-state index >= 15 is 0 Å². The molecule has 3 rings (SSSR count). The zero-order valence-electron chi connectivity index (χ0n) is 14.6. The molecule has 0 fully saturated rings. The Bertz CT molecular complexity index is 884. The van der Waals surface area contributed by atoms with Crippen molar-refractivity contribution in [2.75, 3.05) is 12.4 Å². The number of aryl methyl sites for hydroxylation is 1. The number of rotatable bonds is 5. The van der Waals surface area contributed by atoms with E-state index in [9.17, 15) is 4.79 Å². The molecular weight excluding hydrogens is 328 g/mol. The second kappa shape index (κ2) is 8.11. The zero-order valence-corrected chi connectivity index (χ0v) is 14.6. The minimum atomic E-state index is -0.450. The van der Waals surface area contributed by atoms with E-state index in [-0.39, 0.29) is 6.03 Å². The van der Waals surface area contributed by atoms with Crippen molar-refractivity contribution in [3.8, 4) is 5.75 Å². The lowest BCUT2D eigenvalue weighted by molar-refractivity contribution is 0.249. The van der Waals surface area contributed by atoms with Crippen molar-refractivity contribution in [1.82, 2.24) is 15.3 Å². The van der Waals surface area contributed by atoms with Gasteiger partial charge < -0.3 is 15.4 Å². The zero-order chi connectivity index (χ0) is 18.4. The Hall–Kier alpha value is -3.41. The molecule has 6 nitrogen and oxygen atoms in total. The molecule has 2 N–H and O–H groups in total. The lowest BCUT2D eigenvalue weighted by Crippen LogP contribution is -2.34. The fourth-order valence-corrected chi connectivity index (χ4v) is 2.67. The number of carbonyl (C=O) groups is 1. The first-order chi connectivity index (χ1) is 12.7. The van der Waals surface area contributed by atoms with Crippen LogP contribution in [0.3, 0.4) is 0 Å². The Morgan fingerprint density at radius 2 is 1.88 bits per heavy atom. The van der Waals surface area contributed by atoms with Crippen molar-refractivity contribution < 1.29 is 9.53 Å². The molecule has 26 heavy (non-hydrogen) atoms. The van der Waals surface area contributed by atoms with Crippen LogP contribution in [-0.2, 0) is 0 Å². The molecule has 0 spiro atoms. The van der Waals surface area contributed by atoms with Gasteiger partial charge in [-0.2, -0.15) is 0 Å². The monoisotopic (exact) mass is 348 g/mol. The van der Waals surface area contributed by atoms with Crippen LogP contribution in [0.2, 0.25) is 0 Å². The largest absolute Gasteiger partial charge is 0.496 e. The minimum absolute atomic E-state index is 0.333. The Balaban J connectivity index is 1.89. The SMILES string of the molecule is COc1ccccc1C(NC(=O)Nc1ccncc1C)c1ccccn1. The number of urea groups is 1. The van der Waals surface area contributed by atoms with Crippen molar-refractivity contribution in [1.29, 1.82) is 0 Å². The number of pyridine rings is 2. The topological polar surface area (TPSA) is 76.1 Å². The van der Waals surface area contributed by atoms with E-state index in [4.69, 9.17) is 4.74 Å². The average Bonchev–Trinajstić information content (AvgIpc) is 2.68. The van der Waals surface area contributed by atoms with Crippen LogP contribution < -0.4 is 15.4 Å². The molecule has 2 heterocycles. The van der Waals surface area contributed by atoms with Gasteiger partial charge in [-0.3, -0.25) is 9.97 Å². The fourth-order valence-electron chi connectivity index (χ4n) is 2.67. The summed E-state index contributed by atoms with van der Waals surface area (Å²) in [6, 6.07) is 14.1. The molecule has 1 unspecified atom stereocenters. The standard InChI is InChI=1S/C20H20N4O2/c1-14-13-21-12-10-16(14)23-20(25)24-19(17-8-5-6-11-22-17)15-7-3-4-9-18(15)26-2/h3-13,19H,1-2H3,(H2,21,23,24,25). The predicted octanol–water partition coefficient (Wildman–Crippen LogP) is 3.70. The second-order valence-electron chi connectivity index (χ2n) is 5.72. The Kier molecular flexibility index (Phi) is 5.43. The van der Waals surface area contributed by atoms with Gasteiger partial charge in [-0.25, -0.2) is 4.79 Å². The highest BCUT2D eigenvalue weighted by molar-refractivity contribution is 5.90. The summed E-state index contributed by atoms with van der Waals surface area (Å²) < 4.78 is 5.46. The third-order valence-electron chi connectivity index (χ3n) is 3.98. The van der Waals surface area contributed by atoms with Crippen molar-refractivity contribution in [2.45, 2.75) is 13.0 Å². The molecule has 3 aromatic rings. The van der Waals surface area contributed by atoms with Crippen LogP contribution >= 0.6 is 0 Å². The lowest BCUT2D eigenvalue weighted by Gasteiger charge is -2.21. The Labute approximate surface area is 152 Å². The van der Waals surface area contributed by atoms with Gasteiger partial charge in [0.05, 0.1) is 12.8 Å². The summed E-state index contributed by atoms with van der Waals surface area (Å²) >= 11 is 0. The van der Waals surface area contributed by atoms with Crippen molar-refractivity contribution in [2.24, 2.45) is 0 Å². The normalized spacial score (nSPS) is 11.5. The van der Waals surface area contributed by atoms with Crippen LogP contribution in [0.1, 0.15) is 22.9 Å². The first-order valence-corrected chi connectivity index (χ1v) is 8.21. The van der Waals surface area contributed by atoms with Crippen LogP contribution in [0.4, 0.5) is 10.5 Å². The summed E-state index contributed by atoms with van der Waals surface area (Å²) in [4.78, 5) is 21.0. The number of para-hydroxylation sites is 1. The first kappa shape index (κ1) is 17.4. The highest BCUT2D eigenvalue weighted by Crippen LogP contribution is 2.29. The molecule has 0 saturated heterocycles. The van der Waals surface area contributed by atoms with Gasteiger partial charge in [-0.05, 0) is 36.8 Å². The first-order valence-electron chi connectivity index (χ1n) is 8.21. The molecule has 0 bridgehead atoms. The summed E-state index contributed by atoms with van der Waals surface area (Å²) in [5.41, 5.74) is 3.14. The van der Waals surface area contributed by atoms with Crippen molar-refractivity contribution in [3.63, 3.8) is 0 Å². The lowest BCUT2D eigenvalue weighted by atomic mass is 10.0. The predicted molar refractivity (Wildman–Crippen MR) is 100 cm³/mol. The molecule has 2 amide bonds. The summed E-state index contributed by atoms with van der Waals surface area (Å²) in [7, 11) is 1.61. The quantitative estimate of drug-likeness (QED) is 0.737. The highest BCUT2D eigenvalue weighted by atomic mass is 16.5. The number of hydrogen-bond donors (Lipinski definition) is 2. The van der Waals surface area contributed by atoms with Crippen LogP contribution in [0.25, 0.3) is 0 Å². The van der Waals surface area contributed by atoms with Crippen LogP contribution in [0, 0.1) is 6.92 Å². The molecule has 1 atom stereocenters. The number of nitrogens with one attached hydrogen (secondary N) is 2. The molecule has 0 saturated carbocycles. The van der Waals surface area contributed by atoms with E-state index in [0.717, 1.165) is 16.8 Å². The molecular formula is C20H20N4O2. The van der Waals surface area contributed by atoms with E-state index in [0.29, 0.717) is 11.4 Å². The molecule has 1 aromatic carbocycles. The van der Waals surface area contributed by atoms with Crippen LogP contribution in [0.5, 0.6) is 5.75 Å². The summed E-state index contributed by atoms with van der Waals surface area (Å²) in [6.45, 7) is 1.89. The molecule has 0 aliphatic heterocycles. The number of hydrogen-bond acceptors (Lipinski definition) is 4. The van der Waals surface area contributed by atoms with Gasteiger partial charge in [-0.15, -0.1) is 0 Å². The van der Waals surface area contributed by atoms with Gasteiger partial charge >= 0.3 is 6.03 Å². The number of methoxy groups -OCH3 is 1. The minimum Gasteiger partial charge on any atom is -0.496 e. The van der Waals surface area contributed by atoms with E-state index in [1.165, 1.54) is 0 Å². The van der Waals surface area contributed by atoms with Crippen LogP contribution in [0.15, 0.2) is 67.1 Å². The highest BCUT2D eigenvalue weighted by Gasteiger charge is 2.21.